The SMILES string of the molecule is Cc1cnccc1CNC(C)C(N)=O. The second kappa shape index (κ2) is 4.72. The largest absolute Gasteiger partial charge is 0.368 e. The fourth-order valence-corrected chi connectivity index (χ4v) is 1.06. The molecule has 0 aromatic carbocycles. The van der Waals surface area contributed by atoms with Gasteiger partial charge in [0.05, 0.1) is 6.04 Å². The van der Waals surface area contributed by atoms with E-state index in [1.807, 2.05) is 13.0 Å². The summed E-state index contributed by atoms with van der Waals surface area (Å²) < 4.78 is 0. The van der Waals surface area contributed by atoms with E-state index in [2.05, 4.69) is 10.3 Å². The van der Waals surface area contributed by atoms with Gasteiger partial charge in [0.1, 0.15) is 0 Å². The van der Waals surface area contributed by atoms with E-state index in [0.717, 1.165) is 11.1 Å². The maximum atomic E-state index is 10.8. The van der Waals surface area contributed by atoms with Crippen molar-refractivity contribution in [1.29, 1.82) is 0 Å². The number of rotatable bonds is 4. The van der Waals surface area contributed by atoms with E-state index in [0.29, 0.717) is 6.54 Å². The smallest absolute Gasteiger partial charge is 0.234 e. The van der Waals surface area contributed by atoms with Crippen LogP contribution >= 0.6 is 0 Å². The Bertz CT molecular complexity index is 325. The highest BCUT2D eigenvalue weighted by atomic mass is 16.1. The van der Waals surface area contributed by atoms with Gasteiger partial charge in [-0.3, -0.25) is 9.78 Å². The van der Waals surface area contributed by atoms with Crippen LogP contribution in [-0.2, 0) is 11.3 Å². The summed E-state index contributed by atoms with van der Waals surface area (Å²) in [5.41, 5.74) is 7.36. The first-order valence-corrected chi connectivity index (χ1v) is 4.53. The standard InChI is InChI=1S/C10H15N3O/c1-7-5-12-4-3-9(7)6-13-8(2)10(11)14/h3-5,8,13H,6H2,1-2H3,(H2,11,14). The van der Waals surface area contributed by atoms with Gasteiger partial charge in [-0.2, -0.15) is 0 Å². The fourth-order valence-electron chi connectivity index (χ4n) is 1.06. The van der Waals surface area contributed by atoms with Gasteiger partial charge < -0.3 is 11.1 Å². The van der Waals surface area contributed by atoms with Crippen molar-refractivity contribution in [3.8, 4) is 0 Å². The number of aryl methyl sites for hydroxylation is 1. The van der Waals surface area contributed by atoms with Crippen molar-refractivity contribution in [3.05, 3.63) is 29.6 Å². The van der Waals surface area contributed by atoms with E-state index in [1.165, 1.54) is 0 Å². The lowest BCUT2D eigenvalue weighted by Gasteiger charge is -2.11. The van der Waals surface area contributed by atoms with Crippen LogP contribution in [0.3, 0.4) is 0 Å². The third-order valence-corrected chi connectivity index (χ3v) is 2.16. The summed E-state index contributed by atoms with van der Waals surface area (Å²) in [4.78, 5) is 14.7. The number of carbonyl (C=O) groups is 1. The van der Waals surface area contributed by atoms with Crippen molar-refractivity contribution < 1.29 is 4.79 Å². The van der Waals surface area contributed by atoms with Crippen molar-refractivity contribution in [2.45, 2.75) is 26.4 Å². The van der Waals surface area contributed by atoms with Gasteiger partial charge in [0.25, 0.3) is 0 Å². The van der Waals surface area contributed by atoms with E-state index >= 15 is 0 Å². The van der Waals surface area contributed by atoms with Crippen LogP contribution in [0.4, 0.5) is 0 Å². The Balaban J connectivity index is 2.54. The molecule has 0 fully saturated rings. The zero-order chi connectivity index (χ0) is 10.6. The molecule has 1 rings (SSSR count). The predicted molar refractivity (Wildman–Crippen MR) is 54.5 cm³/mol. The first-order chi connectivity index (χ1) is 6.61. The highest BCUT2D eigenvalue weighted by molar-refractivity contribution is 5.79. The molecule has 1 atom stereocenters. The monoisotopic (exact) mass is 193 g/mol. The number of hydrogen-bond acceptors (Lipinski definition) is 3. The third kappa shape index (κ3) is 2.81. The summed E-state index contributed by atoms with van der Waals surface area (Å²) in [6.45, 7) is 4.37. The lowest BCUT2D eigenvalue weighted by molar-refractivity contribution is -0.119. The molecule has 4 nitrogen and oxygen atoms in total. The molecule has 0 aliphatic rings. The van der Waals surface area contributed by atoms with Crippen molar-refractivity contribution in [3.63, 3.8) is 0 Å². The second-order valence-corrected chi connectivity index (χ2v) is 3.31. The summed E-state index contributed by atoms with van der Waals surface area (Å²) >= 11 is 0. The van der Waals surface area contributed by atoms with Gasteiger partial charge >= 0.3 is 0 Å². The van der Waals surface area contributed by atoms with E-state index in [-0.39, 0.29) is 11.9 Å². The van der Waals surface area contributed by atoms with E-state index < -0.39 is 0 Å². The molecule has 0 aliphatic carbocycles. The average molecular weight is 193 g/mol. The van der Waals surface area contributed by atoms with Crippen LogP contribution in [0.2, 0.25) is 0 Å². The first kappa shape index (κ1) is 10.7. The lowest BCUT2D eigenvalue weighted by Crippen LogP contribution is -2.38. The minimum absolute atomic E-state index is 0.303. The molecule has 1 amide bonds. The molecule has 3 N–H and O–H groups in total. The molecule has 1 aromatic rings. The topological polar surface area (TPSA) is 68.0 Å². The number of nitrogens with two attached hydrogens (primary N) is 1. The van der Waals surface area contributed by atoms with Gasteiger partial charge in [-0.05, 0) is 31.0 Å². The van der Waals surface area contributed by atoms with Crippen LogP contribution in [-0.4, -0.2) is 16.9 Å². The number of amides is 1. The minimum atomic E-state index is -0.336. The number of nitrogens with one attached hydrogen (secondary N) is 1. The summed E-state index contributed by atoms with van der Waals surface area (Å²) in [5.74, 6) is -0.336. The molecule has 0 saturated carbocycles. The Morgan fingerprint density at radius 1 is 1.71 bits per heavy atom. The number of hydrogen-bond donors (Lipinski definition) is 2. The predicted octanol–water partition coefficient (Wildman–Crippen LogP) is 0.353. The molecule has 1 aromatic heterocycles. The molecule has 1 heterocycles. The van der Waals surface area contributed by atoms with Crippen LogP contribution in [0.5, 0.6) is 0 Å². The Kier molecular flexibility index (Phi) is 3.59. The van der Waals surface area contributed by atoms with Gasteiger partial charge in [0.2, 0.25) is 5.91 Å². The third-order valence-electron chi connectivity index (χ3n) is 2.16. The first-order valence-electron chi connectivity index (χ1n) is 4.53. The zero-order valence-corrected chi connectivity index (χ0v) is 8.45. The number of aromatic nitrogens is 1. The summed E-state index contributed by atoms with van der Waals surface area (Å²) in [6.07, 6.45) is 3.53. The van der Waals surface area contributed by atoms with E-state index in [1.54, 1.807) is 19.3 Å². The molecule has 0 saturated heterocycles. The van der Waals surface area contributed by atoms with Crippen LogP contribution in [0.1, 0.15) is 18.1 Å². The van der Waals surface area contributed by atoms with Gasteiger partial charge in [-0.25, -0.2) is 0 Å². The van der Waals surface area contributed by atoms with Gasteiger partial charge in [-0.15, -0.1) is 0 Å². The molecule has 0 bridgehead atoms. The van der Waals surface area contributed by atoms with Gasteiger partial charge in [-0.1, -0.05) is 0 Å². The van der Waals surface area contributed by atoms with Crippen molar-refractivity contribution in [2.75, 3.05) is 0 Å². The summed E-state index contributed by atoms with van der Waals surface area (Å²) in [6, 6.07) is 1.62. The van der Waals surface area contributed by atoms with Crippen molar-refractivity contribution >= 4 is 5.91 Å². The van der Waals surface area contributed by atoms with Crippen LogP contribution in [0.25, 0.3) is 0 Å². The quantitative estimate of drug-likeness (QED) is 0.725. The maximum Gasteiger partial charge on any atom is 0.234 e. The van der Waals surface area contributed by atoms with Crippen LogP contribution in [0, 0.1) is 6.92 Å². The Morgan fingerprint density at radius 3 is 3.00 bits per heavy atom. The van der Waals surface area contributed by atoms with E-state index in [9.17, 15) is 4.79 Å². The molecule has 0 spiro atoms. The molecule has 0 aliphatic heterocycles. The second-order valence-electron chi connectivity index (χ2n) is 3.31. The molecule has 76 valence electrons. The highest BCUT2D eigenvalue weighted by Crippen LogP contribution is 2.04. The number of nitrogens with zero attached hydrogens (tertiary/aromatic N) is 1. The average Bonchev–Trinajstić information content (AvgIpc) is 2.16. The molecule has 14 heavy (non-hydrogen) atoms. The Morgan fingerprint density at radius 2 is 2.43 bits per heavy atom. The fraction of sp³-hybridized carbons (Fsp3) is 0.400. The van der Waals surface area contributed by atoms with E-state index in [4.69, 9.17) is 5.73 Å². The molecule has 1 unspecified atom stereocenters. The van der Waals surface area contributed by atoms with Gasteiger partial charge in [0, 0.05) is 18.9 Å². The minimum Gasteiger partial charge on any atom is -0.368 e. The summed E-state index contributed by atoms with van der Waals surface area (Å²) in [7, 11) is 0. The number of pyridine rings is 1. The summed E-state index contributed by atoms with van der Waals surface area (Å²) in [5, 5.41) is 3.04. The van der Waals surface area contributed by atoms with Crippen molar-refractivity contribution in [1.82, 2.24) is 10.3 Å². The maximum absolute atomic E-state index is 10.8. The Hall–Kier alpha value is -1.42. The van der Waals surface area contributed by atoms with Crippen LogP contribution in [0.15, 0.2) is 18.5 Å². The molecular formula is C10H15N3O. The molecular weight excluding hydrogens is 178 g/mol. The number of primary amides is 1. The normalized spacial score (nSPS) is 12.4. The molecule has 0 radical (unpaired) electrons. The van der Waals surface area contributed by atoms with Crippen LogP contribution < -0.4 is 11.1 Å². The number of carbonyl (C=O) groups excluding carboxylic acids is 1. The van der Waals surface area contributed by atoms with Crippen molar-refractivity contribution in [2.24, 2.45) is 5.73 Å². The lowest BCUT2D eigenvalue weighted by atomic mass is 10.1. The molecule has 4 heteroatoms. The Labute approximate surface area is 83.5 Å². The highest BCUT2D eigenvalue weighted by Gasteiger charge is 2.07. The zero-order valence-electron chi connectivity index (χ0n) is 8.45. The van der Waals surface area contributed by atoms with Gasteiger partial charge in [0.15, 0.2) is 0 Å².